The summed E-state index contributed by atoms with van der Waals surface area (Å²) in [7, 11) is 0. The molecule has 17 heavy (non-hydrogen) atoms. The summed E-state index contributed by atoms with van der Waals surface area (Å²) in [6, 6.07) is 6.19. The molecule has 3 heteroatoms. The largest absolute Gasteiger partial charge is 0.310 e. The van der Waals surface area contributed by atoms with Crippen LogP contribution in [0.25, 0.3) is 0 Å². The summed E-state index contributed by atoms with van der Waals surface area (Å²) in [6.07, 6.45) is 2.43. The Kier molecular flexibility index (Phi) is 6.32. The van der Waals surface area contributed by atoms with Crippen LogP contribution in [0, 0.1) is 5.92 Å². The van der Waals surface area contributed by atoms with E-state index in [2.05, 4.69) is 26.1 Å². The lowest BCUT2D eigenvalue weighted by Crippen LogP contribution is -2.27. The third-order valence-corrected chi connectivity index (χ3v) is 3.47. The Labute approximate surface area is 115 Å². The van der Waals surface area contributed by atoms with Crippen molar-refractivity contribution in [3.63, 3.8) is 0 Å². The van der Waals surface area contributed by atoms with Gasteiger partial charge in [0.15, 0.2) is 0 Å². The van der Waals surface area contributed by atoms with E-state index in [0.29, 0.717) is 16.1 Å². The maximum atomic E-state index is 5.96. The van der Waals surface area contributed by atoms with Crippen molar-refractivity contribution in [2.45, 2.75) is 46.2 Å². The molecule has 0 aliphatic rings. The van der Waals surface area contributed by atoms with Crippen LogP contribution in [0.3, 0.4) is 0 Å². The van der Waals surface area contributed by atoms with Gasteiger partial charge in [0.2, 0.25) is 0 Å². The van der Waals surface area contributed by atoms with Crippen molar-refractivity contribution in [1.82, 2.24) is 5.32 Å². The molecule has 1 aromatic carbocycles. The molecular weight excluding hydrogens is 253 g/mol. The topological polar surface area (TPSA) is 12.0 Å². The second kappa shape index (κ2) is 7.25. The minimum absolute atomic E-state index is 0.516. The summed E-state index contributed by atoms with van der Waals surface area (Å²) in [4.78, 5) is 0. The van der Waals surface area contributed by atoms with Crippen molar-refractivity contribution in [1.29, 1.82) is 0 Å². The first kappa shape index (κ1) is 14.8. The number of hydrogen-bond donors (Lipinski definition) is 1. The fraction of sp³-hybridized carbons (Fsp3) is 0.571. The highest BCUT2D eigenvalue weighted by Gasteiger charge is 2.07. The van der Waals surface area contributed by atoms with Gasteiger partial charge in [-0.05, 0) is 43.0 Å². The van der Waals surface area contributed by atoms with Gasteiger partial charge < -0.3 is 5.32 Å². The summed E-state index contributed by atoms with van der Waals surface area (Å²) >= 11 is 11.9. The third-order valence-electron chi connectivity index (χ3n) is 3.03. The first-order chi connectivity index (χ1) is 8.01. The predicted octanol–water partition coefficient (Wildman–Crippen LogP) is 4.91. The average Bonchev–Trinajstić information content (AvgIpc) is 2.25. The van der Waals surface area contributed by atoms with Crippen LogP contribution in [-0.4, -0.2) is 6.04 Å². The van der Waals surface area contributed by atoms with E-state index in [-0.39, 0.29) is 0 Å². The Bertz CT molecular complexity index is 332. The van der Waals surface area contributed by atoms with Gasteiger partial charge in [0.25, 0.3) is 0 Å². The zero-order chi connectivity index (χ0) is 12.8. The molecule has 2 atom stereocenters. The average molecular weight is 274 g/mol. The van der Waals surface area contributed by atoms with E-state index in [9.17, 15) is 0 Å². The van der Waals surface area contributed by atoms with Crippen LogP contribution in [-0.2, 0) is 6.54 Å². The molecule has 1 N–H and O–H groups in total. The second-order valence-corrected chi connectivity index (χ2v) is 5.68. The second-order valence-electron chi connectivity index (χ2n) is 4.81. The van der Waals surface area contributed by atoms with Gasteiger partial charge in [-0.2, -0.15) is 0 Å². The highest BCUT2D eigenvalue weighted by molar-refractivity contribution is 6.34. The van der Waals surface area contributed by atoms with Crippen LogP contribution < -0.4 is 5.32 Å². The molecule has 0 aliphatic carbocycles. The van der Waals surface area contributed by atoms with Crippen LogP contribution in [0.4, 0.5) is 0 Å². The first-order valence-electron chi connectivity index (χ1n) is 6.19. The molecule has 2 unspecified atom stereocenters. The lowest BCUT2D eigenvalue weighted by Gasteiger charge is -2.17. The minimum atomic E-state index is 0.516. The Balaban J connectivity index is 2.44. The summed E-state index contributed by atoms with van der Waals surface area (Å²) in [6.45, 7) is 7.55. The highest BCUT2D eigenvalue weighted by Crippen LogP contribution is 2.19. The Morgan fingerprint density at radius 2 is 1.71 bits per heavy atom. The molecule has 0 spiro atoms. The molecule has 0 saturated carbocycles. The Hall–Kier alpha value is -0.240. The molecule has 1 rings (SSSR count). The maximum absolute atomic E-state index is 5.96. The number of rotatable bonds is 6. The van der Waals surface area contributed by atoms with Crippen LogP contribution in [0.15, 0.2) is 18.2 Å². The van der Waals surface area contributed by atoms with Crippen molar-refractivity contribution < 1.29 is 0 Å². The van der Waals surface area contributed by atoms with Crippen molar-refractivity contribution in [3.05, 3.63) is 33.8 Å². The SMILES string of the molecule is CCC(C)CC(C)NCc1cc(Cl)cc(Cl)c1. The van der Waals surface area contributed by atoms with Gasteiger partial charge in [-0.3, -0.25) is 0 Å². The third kappa shape index (κ3) is 5.76. The molecule has 1 nitrogen and oxygen atoms in total. The highest BCUT2D eigenvalue weighted by atomic mass is 35.5. The molecule has 0 heterocycles. The van der Waals surface area contributed by atoms with E-state index in [0.717, 1.165) is 18.0 Å². The van der Waals surface area contributed by atoms with Crippen molar-refractivity contribution in [3.8, 4) is 0 Å². The van der Waals surface area contributed by atoms with Gasteiger partial charge in [0.05, 0.1) is 0 Å². The lowest BCUT2D eigenvalue weighted by atomic mass is 10.0. The van der Waals surface area contributed by atoms with Crippen molar-refractivity contribution in [2.75, 3.05) is 0 Å². The molecule has 0 fully saturated rings. The molecule has 0 bridgehead atoms. The van der Waals surface area contributed by atoms with E-state index in [4.69, 9.17) is 23.2 Å². The number of hydrogen-bond acceptors (Lipinski definition) is 1. The van der Waals surface area contributed by atoms with E-state index < -0.39 is 0 Å². The maximum Gasteiger partial charge on any atom is 0.0424 e. The van der Waals surface area contributed by atoms with Gasteiger partial charge in [-0.15, -0.1) is 0 Å². The standard InChI is InChI=1S/C14H21Cl2N/c1-4-10(2)5-11(3)17-9-12-6-13(15)8-14(16)7-12/h6-8,10-11,17H,4-5,9H2,1-3H3. The normalized spacial score (nSPS) is 14.6. The zero-order valence-electron chi connectivity index (χ0n) is 10.8. The summed E-state index contributed by atoms with van der Waals surface area (Å²) in [5, 5.41) is 4.90. The van der Waals surface area contributed by atoms with E-state index >= 15 is 0 Å². The molecule has 0 amide bonds. The number of halogens is 2. The van der Waals surface area contributed by atoms with Crippen molar-refractivity contribution in [2.24, 2.45) is 5.92 Å². The van der Waals surface area contributed by atoms with E-state index in [1.54, 1.807) is 6.07 Å². The zero-order valence-corrected chi connectivity index (χ0v) is 12.3. The summed E-state index contributed by atoms with van der Waals surface area (Å²) in [5.41, 5.74) is 1.14. The van der Waals surface area contributed by atoms with Crippen LogP contribution >= 0.6 is 23.2 Å². The molecule has 0 radical (unpaired) electrons. The van der Waals surface area contributed by atoms with Gasteiger partial charge in [-0.1, -0.05) is 43.5 Å². The van der Waals surface area contributed by atoms with Crippen LogP contribution in [0.2, 0.25) is 10.0 Å². The van der Waals surface area contributed by atoms with Crippen molar-refractivity contribution >= 4 is 23.2 Å². The van der Waals surface area contributed by atoms with Gasteiger partial charge in [0.1, 0.15) is 0 Å². The molecule has 0 aromatic heterocycles. The fourth-order valence-corrected chi connectivity index (χ4v) is 2.43. The molecule has 0 aliphatic heterocycles. The van der Waals surface area contributed by atoms with Gasteiger partial charge >= 0.3 is 0 Å². The minimum Gasteiger partial charge on any atom is -0.310 e. The van der Waals surface area contributed by atoms with Crippen LogP contribution in [0.5, 0.6) is 0 Å². The molecular formula is C14H21Cl2N. The first-order valence-corrected chi connectivity index (χ1v) is 6.95. The Morgan fingerprint density at radius 3 is 2.24 bits per heavy atom. The molecule has 1 aromatic rings. The smallest absolute Gasteiger partial charge is 0.0424 e. The lowest BCUT2D eigenvalue weighted by molar-refractivity contribution is 0.412. The number of nitrogens with one attached hydrogen (secondary N) is 1. The quantitative estimate of drug-likeness (QED) is 0.777. The number of benzene rings is 1. The van der Waals surface area contributed by atoms with Gasteiger partial charge in [0, 0.05) is 22.6 Å². The fourth-order valence-electron chi connectivity index (χ4n) is 1.86. The monoisotopic (exact) mass is 273 g/mol. The summed E-state index contributed by atoms with van der Waals surface area (Å²) < 4.78 is 0. The van der Waals surface area contributed by atoms with E-state index in [1.165, 1.54) is 12.8 Å². The van der Waals surface area contributed by atoms with Gasteiger partial charge in [-0.25, -0.2) is 0 Å². The molecule has 96 valence electrons. The molecule has 0 saturated heterocycles. The predicted molar refractivity (Wildman–Crippen MR) is 76.8 cm³/mol. The van der Waals surface area contributed by atoms with Crippen LogP contribution in [0.1, 0.15) is 39.2 Å². The van der Waals surface area contributed by atoms with E-state index in [1.807, 2.05) is 12.1 Å². The Morgan fingerprint density at radius 1 is 1.12 bits per heavy atom. The summed E-state index contributed by atoms with van der Waals surface area (Å²) in [5.74, 6) is 0.764.